The summed E-state index contributed by atoms with van der Waals surface area (Å²) in [5.41, 5.74) is 7.64. The maximum absolute atomic E-state index is 6.03. The highest BCUT2D eigenvalue weighted by Gasteiger charge is 2.07. The van der Waals surface area contributed by atoms with E-state index in [2.05, 4.69) is 17.6 Å². The first-order chi connectivity index (χ1) is 8.63. The fourth-order valence-electron chi connectivity index (χ4n) is 1.62. The summed E-state index contributed by atoms with van der Waals surface area (Å²) in [6.07, 6.45) is 1.55. The summed E-state index contributed by atoms with van der Waals surface area (Å²) in [7, 11) is 0. The Hall–Kier alpha value is -1.58. The molecule has 0 amide bonds. The molecule has 1 aromatic carbocycles. The van der Waals surface area contributed by atoms with E-state index in [-0.39, 0.29) is 0 Å². The van der Waals surface area contributed by atoms with Crippen LogP contribution in [-0.2, 0) is 0 Å². The van der Waals surface area contributed by atoms with Crippen LogP contribution in [0.5, 0.6) is 0 Å². The molecule has 0 aliphatic carbocycles. The van der Waals surface area contributed by atoms with E-state index >= 15 is 0 Å². The second-order valence-electron chi connectivity index (χ2n) is 3.78. The van der Waals surface area contributed by atoms with Gasteiger partial charge in [-0.25, -0.2) is 4.99 Å². The minimum Gasteiger partial charge on any atom is -0.383 e. The number of aliphatic imine (C=N–C) groups is 1. The molecule has 0 atom stereocenters. The van der Waals surface area contributed by atoms with Gasteiger partial charge < -0.3 is 5.73 Å². The van der Waals surface area contributed by atoms with Gasteiger partial charge in [-0.1, -0.05) is 36.4 Å². The molecule has 92 valence electrons. The van der Waals surface area contributed by atoms with Gasteiger partial charge in [0.25, 0.3) is 0 Å². The van der Waals surface area contributed by atoms with Crippen LogP contribution in [0.2, 0.25) is 0 Å². The highest BCUT2D eigenvalue weighted by atomic mass is 35.5. The lowest BCUT2D eigenvalue weighted by Gasteiger charge is -2.01. The van der Waals surface area contributed by atoms with Crippen LogP contribution in [0.25, 0.3) is 10.1 Å². The number of hydrogen-bond donors (Lipinski definition) is 1. The Morgan fingerprint density at radius 3 is 2.89 bits per heavy atom. The van der Waals surface area contributed by atoms with Gasteiger partial charge in [0.2, 0.25) is 0 Å². The summed E-state index contributed by atoms with van der Waals surface area (Å²) in [5, 5.41) is 3.64. The number of halogens is 1. The third kappa shape index (κ3) is 2.47. The second-order valence-corrected chi connectivity index (χ2v) is 5.10. The lowest BCUT2D eigenvalue weighted by atomic mass is 10.1. The first-order valence-electron chi connectivity index (χ1n) is 5.43. The number of thiophene rings is 1. The summed E-state index contributed by atoms with van der Waals surface area (Å²) in [4.78, 5) is 4.32. The van der Waals surface area contributed by atoms with E-state index in [1.165, 1.54) is 4.70 Å². The fraction of sp³-hybridized carbons (Fsp3) is 0.0714. The van der Waals surface area contributed by atoms with Crippen molar-refractivity contribution in [2.24, 2.45) is 10.7 Å². The van der Waals surface area contributed by atoms with Crippen LogP contribution in [0, 0.1) is 0 Å². The Morgan fingerprint density at radius 2 is 2.17 bits per heavy atom. The molecule has 0 unspecified atom stereocenters. The monoisotopic (exact) mass is 276 g/mol. The Bertz CT molecular complexity index is 653. The third-order valence-electron chi connectivity index (χ3n) is 2.57. The van der Waals surface area contributed by atoms with Crippen molar-refractivity contribution in [1.82, 2.24) is 0 Å². The van der Waals surface area contributed by atoms with Crippen LogP contribution < -0.4 is 5.73 Å². The van der Waals surface area contributed by atoms with E-state index in [1.807, 2.05) is 30.5 Å². The Labute approximate surface area is 115 Å². The molecule has 0 spiro atoms. The molecule has 0 saturated heterocycles. The van der Waals surface area contributed by atoms with Crippen molar-refractivity contribution >= 4 is 38.9 Å². The topological polar surface area (TPSA) is 38.4 Å². The van der Waals surface area contributed by atoms with Gasteiger partial charge in [-0.2, -0.15) is 0 Å². The second kappa shape index (κ2) is 5.38. The van der Waals surface area contributed by atoms with Crippen molar-refractivity contribution in [1.29, 1.82) is 0 Å². The summed E-state index contributed by atoms with van der Waals surface area (Å²) in [5.74, 6) is 0.477. The molecule has 2 rings (SSSR count). The summed E-state index contributed by atoms with van der Waals surface area (Å²) in [6, 6.07) is 8.11. The van der Waals surface area contributed by atoms with Gasteiger partial charge >= 0.3 is 0 Å². The van der Waals surface area contributed by atoms with E-state index in [0.29, 0.717) is 16.6 Å². The standard InChI is InChI=1S/C14H13ClN2S/c1-3-12(15)9(2)17-14(16)11-8-18-13-7-5-4-6-10(11)13/h3-8H,1H2,2H3,(H2,16,17)/b12-9-. The smallest absolute Gasteiger partial charge is 0.132 e. The highest BCUT2D eigenvalue weighted by molar-refractivity contribution is 7.17. The van der Waals surface area contributed by atoms with Crippen molar-refractivity contribution in [2.75, 3.05) is 0 Å². The zero-order valence-corrected chi connectivity index (χ0v) is 11.6. The lowest BCUT2D eigenvalue weighted by Crippen LogP contribution is -2.12. The molecule has 2 nitrogen and oxygen atoms in total. The molecule has 1 aromatic heterocycles. The summed E-state index contributed by atoms with van der Waals surface area (Å²) < 4.78 is 1.20. The van der Waals surface area contributed by atoms with E-state index in [9.17, 15) is 0 Å². The first kappa shape index (κ1) is 12.9. The van der Waals surface area contributed by atoms with Crippen molar-refractivity contribution in [3.8, 4) is 0 Å². The molecule has 4 heteroatoms. The van der Waals surface area contributed by atoms with E-state index < -0.39 is 0 Å². The van der Waals surface area contributed by atoms with Crippen LogP contribution in [0.15, 0.2) is 58.0 Å². The predicted octanol–water partition coefficient (Wildman–Crippen LogP) is 4.26. The molecule has 2 N–H and O–H groups in total. The Morgan fingerprint density at radius 1 is 1.44 bits per heavy atom. The van der Waals surface area contributed by atoms with Gasteiger partial charge in [0.05, 0.1) is 10.7 Å². The largest absolute Gasteiger partial charge is 0.383 e. The molecule has 0 aliphatic heterocycles. The molecule has 2 aromatic rings. The van der Waals surface area contributed by atoms with Gasteiger partial charge in [0.1, 0.15) is 5.84 Å². The average Bonchev–Trinajstić information content (AvgIpc) is 2.81. The number of allylic oxidation sites excluding steroid dienone is 3. The minimum absolute atomic E-state index is 0.477. The average molecular weight is 277 g/mol. The van der Waals surface area contributed by atoms with Gasteiger partial charge in [0, 0.05) is 21.0 Å². The predicted molar refractivity (Wildman–Crippen MR) is 81.3 cm³/mol. The van der Waals surface area contributed by atoms with Gasteiger partial charge in [-0.15, -0.1) is 11.3 Å². The molecular weight excluding hydrogens is 264 g/mol. The molecule has 0 bridgehead atoms. The quantitative estimate of drug-likeness (QED) is 0.508. The van der Waals surface area contributed by atoms with E-state index in [0.717, 1.165) is 10.9 Å². The number of benzene rings is 1. The van der Waals surface area contributed by atoms with E-state index in [4.69, 9.17) is 17.3 Å². The molecule has 0 fully saturated rings. The zero-order valence-electron chi connectivity index (χ0n) is 9.98. The number of fused-ring (bicyclic) bond motifs is 1. The van der Waals surface area contributed by atoms with Crippen LogP contribution in [-0.4, -0.2) is 5.84 Å². The molecule has 18 heavy (non-hydrogen) atoms. The first-order valence-corrected chi connectivity index (χ1v) is 6.69. The maximum Gasteiger partial charge on any atom is 0.132 e. The molecule has 0 aliphatic rings. The summed E-state index contributed by atoms with van der Waals surface area (Å²) in [6.45, 7) is 5.41. The number of nitrogens with two attached hydrogens (primary N) is 1. The third-order valence-corrected chi connectivity index (χ3v) is 3.96. The normalized spacial score (nSPS) is 13.6. The Balaban J connectivity index is 2.49. The van der Waals surface area contributed by atoms with Crippen LogP contribution in [0.4, 0.5) is 0 Å². The molecule has 1 heterocycles. The lowest BCUT2D eigenvalue weighted by molar-refractivity contribution is 1.28. The van der Waals surface area contributed by atoms with Gasteiger partial charge in [-0.05, 0) is 19.1 Å². The number of amidine groups is 1. The maximum atomic E-state index is 6.03. The summed E-state index contributed by atoms with van der Waals surface area (Å²) >= 11 is 7.59. The minimum atomic E-state index is 0.477. The zero-order chi connectivity index (χ0) is 13.1. The van der Waals surface area contributed by atoms with Crippen molar-refractivity contribution < 1.29 is 0 Å². The fourth-order valence-corrected chi connectivity index (χ4v) is 2.62. The van der Waals surface area contributed by atoms with Gasteiger partial charge in [0.15, 0.2) is 0 Å². The van der Waals surface area contributed by atoms with Crippen LogP contribution in [0.3, 0.4) is 0 Å². The van der Waals surface area contributed by atoms with Crippen molar-refractivity contribution in [3.63, 3.8) is 0 Å². The number of hydrogen-bond acceptors (Lipinski definition) is 2. The van der Waals surface area contributed by atoms with Gasteiger partial charge in [-0.3, -0.25) is 0 Å². The molecular formula is C14H13ClN2S. The number of rotatable bonds is 3. The van der Waals surface area contributed by atoms with Crippen LogP contribution >= 0.6 is 22.9 Å². The SMILES string of the molecule is C=C/C(Cl)=C(\C)N=C(N)c1csc2ccccc12. The molecule has 0 radical (unpaired) electrons. The van der Waals surface area contributed by atoms with E-state index in [1.54, 1.807) is 17.4 Å². The van der Waals surface area contributed by atoms with Crippen molar-refractivity contribution in [2.45, 2.75) is 6.92 Å². The Kier molecular flexibility index (Phi) is 3.84. The van der Waals surface area contributed by atoms with Crippen LogP contribution in [0.1, 0.15) is 12.5 Å². The highest BCUT2D eigenvalue weighted by Crippen LogP contribution is 2.25. The van der Waals surface area contributed by atoms with Crippen molar-refractivity contribution in [3.05, 3.63) is 58.6 Å². The molecule has 0 saturated carbocycles. The number of nitrogens with zero attached hydrogens (tertiary/aromatic N) is 1.